The lowest BCUT2D eigenvalue weighted by atomic mass is 10.0. The van der Waals surface area contributed by atoms with Crippen molar-refractivity contribution in [3.05, 3.63) is 29.8 Å². The van der Waals surface area contributed by atoms with Crippen molar-refractivity contribution < 1.29 is 17.9 Å². The van der Waals surface area contributed by atoms with Crippen molar-refractivity contribution in [2.75, 3.05) is 20.2 Å². The quantitative estimate of drug-likeness (QED) is 0.799. The molecule has 1 heterocycles. The van der Waals surface area contributed by atoms with Crippen molar-refractivity contribution >= 4 is 16.0 Å². The van der Waals surface area contributed by atoms with E-state index in [1.165, 1.54) is 23.5 Å². The van der Waals surface area contributed by atoms with Crippen LogP contribution in [0.1, 0.15) is 30.1 Å². The number of methoxy groups -OCH3 is 1. The number of esters is 1. The van der Waals surface area contributed by atoms with Gasteiger partial charge in [-0.15, -0.1) is 0 Å². The Morgan fingerprint density at radius 3 is 2.80 bits per heavy atom. The minimum absolute atomic E-state index is 0.148. The fourth-order valence-corrected chi connectivity index (χ4v) is 4.06. The maximum atomic E-state index is 12.6. The average Bonchev–Trinajstić information content (AvgIpc) is 2.46. The van der Waals surface area contributed by atoms with Gasteiger partial charge in [-0.2, -0.15) is 4.31 Å². The molecule has 0 amide bonds. The molecule has 0 aromatic heterocycles. The summed E-state index contributed by atoms with van der Waals surface area (Å²) in [5.74, 6) is -0.170. The molecule has 0 aliphatic carbocycles. The highest BCUT2D eigenvalue weighted by Gasteiger charge is 2.29. The summed E-state index contributed by atoms with van der Waals surface area (Å²) in [4.78, 5) is 11.6. The largest absolute Gasteiger partial charge is 0.465 e. The van der Waals surface area contributed by atoms with Crippen LogP contribution in [0.15, 0.2) is 29.2 Å². The number of sulfonamides is 1. The first kappa shape index (κ1) is 15.0. The molecule has 1 unspecified atom stereocenters. The normalized spacial score (nSPS) is 20.6. The van der Waals surface area contributed by atoms with Gasteiger partial charge in [0.05, 0.1) is 17.6 Å². The summed E-state index contributed by atoms with van der Waals surface area (Å²) in [6.45, 7) is 3.12. The van der Waals surface area contributed by atoms with Crippen LogP contribution in [0, 0.1) is 5.92 Å². The van der Waals surface area contributed by atoms with Crippen LogP contribution in [-0.2, 0) is 14.8 Å². The van der Waals surface area contributed by atoms with E-state index >= 15 is 0 Å². The van der Waals surface area contributed by atoms with Gasteiger partial charge in [0.1, 0.15) is 0 Å². The lowest BCUT2D eigenvalue weighted by molar-refractivity contribution is 0.0600. The van der Waals surface area contributed by atoms with E-state index < -0.39 is 16.0 Å². The Balaban J connectivity index is 2.32. The van der Waals surface area contributed by atoms with Gasteiger partial charge in [-0.05, 0) is 37.0 Å². The summed E-state index contributed by atoms with van der Waals surface area (Å²) >= 11 is 0. The summed E-state index contributed by atoms with van der Waals surface area (Å²) in [6, 6.07) is 6.00. The molecule has 0 N–H and O–H groups in total. The van der Waals surface area contributed by atoms with Gasteiger partial charge >= 0.3 is 5.97 Å². The number of carbonyl (C=O) groups is 1. The third kappa shape index (κ3) is 3.02. The van der Waals surface area contributed by atoms with Crippen molar-refractivity contribution in [3.63, 3.8) is 0 Å². The van der Waals surface area contributed by atoms with Gasteiger partial charge in [-0.3, -0.25) is 0 Å². The molecular weight excluding hydrogens is 278 g/mol. The molecule has 0 saturated carbocycles. The summed E-state index contributed by atoms with van der Waals surface area (Å²) in [5, 5.41) is 0. The Morgan fingerprint density at radius 1 is 1.40 bits per heavy atom. The molecule has 1 aromatic rings. The molecule has 0 bridgehead atoms. The molecule has 1 aliphatic rings. The molecule has 1 fully saturated rings. The van der Waals surface area contributed by atoms with Crippen LogP contribution in [0.5, 0.6) is 0 Å². The van der Waals surface area contributed by atoms with Gasteiger partial charge < -0.3 is 4.74 Å². The molecule has 0 radical (unpaired) electrons. The monoisotopic (exact) mass is 297 g/mol. The van der Waals surface area contributed by atoms with E-state index in [9.17, 15) is 13.2 Å². The second-order valence-electron chi connectivity index (χ2n) is 5.13. The lowest BCUT2D eigenvalue weighted by Gasteiger charge is -2.30. The Hall–Kier alpha value is -1.40. The van der Waals surface area contributed by atoms with Crippen LogP contribution in [0.25, 0.3) is 0 Å². The third-order valence-corrected chi connectivity index (χ3v) is 5.37. The number of nitrogens with zero attached hydrogens (tertiary/aromatic N) is 1. The number of benzene rings is 1. The van der Waals surface area contributed by atoms with Crippen molar-refractivity contribution in [2.45, 2.75) is 24.7 Å². The highest BCUT2D eigenvalue weighted by molar-refractivity contribution is 7.89. The molecule has 1 aliphatic heterocycles. The Labute approximate surface area is 119 Å². The van der Waals surface area contributed by atoms with E-state index in [2.05, 4.69) is 4.74 Å². The van der Waals surface area contributed by atoms with E-state index in [-0.39, 0.29) is 10.5 Å². The van der Waals surface area contributed by atoms with E-state index in [0.717, 1.165) is 12.8 Å². The first-order chi connectivity index (χ1) is 9.45. The lowest BCUT2D eigenvalue weighted by Crippen LogP contribution is -2.39. The molecule has 1 saturated heterocycles. The zero-order valence-corrected chi connectivity index (χ0v) is 12.5. The fraction of sp³-hybridized carbons (Fsp3) is 0.500. The van der Waals surface area contributed by atoms with Crippen molar-refractivity contribution in [3.8, 4) is 0 Å². The number of carbonyl (C=O) groups excluding carboxylic acids is 1. The summed E-state index contributed by atoms with van der Waals surface area (Å²) < 4.78 is 31.3. The van der Waals surface area contributed by atoms with Crippen LogP contribution >= 0.6 is 0 Å². The second kappa shape index (κ2) is 5.93. The van der Waals surface area contributed by atoms with E-state index in [1.807, 2.05) is 6.92 Å². The minimum Gasteiger partial charge on any atom is -0.465 e. The van der Waals surface area contributed by atoms with Gasteiger partial charge in [0.2, 0.25) is 10.0 Å². The molecule has 110 valence electrons. The van der Waals surface area contributed by atoms with Gasteiger partial charge in [0.15, 0.2) is 0 Å². The summed E-state index contributed by atoms with van der Waals surface area (Å²) in [7, 11) is -2.26. The standard InChI is InChI=1S/C14H19NO4S/c1-11-5-4-8-15(10-11)20(17,18)13-7-3-6-12(9-13)14(16)19-2/h3,6-7,9,11H,4-5,8,10H2,1-2H3. The smallest absolute Gasteiger partial charge is 0.337 e. The molecule has 20 heavy (non-hydrogen) atoms. The summed E-state index contributed by atoms with van der Waals surface area (Å²) in [5.41, 5.74) is 0.249. The Kier molecular flexibility index (Phi) is 4.45. The molecular formula is C14H19NO4S. The zero-order valence-electron chi connectivity index (χ0n) is 11.7. The predicted octanol–water partition coefficient (Wildman–Crippen LogP) is 1.89. The molecule has 6 heteroatoms. The van der Waals surface area contributed by atoms with Crippen LogP contribution in [0.4, 0.5) is 0 Å². The molecule has 1 aromatic carbocycles. The molecule has 5 nitrogen and oxygen atoms in total. The Bertz CT molecular complexity index is 597. The van der Waals surface area contributed by atoms with E-state index in [4.69, 9.17) is 0 Å². The van der Waals surface area contributed by atoms with E-state index in [1.54, 1.807) is 12.1 Å². The number of hydrogen-bond acceptors (Lipinski definition) is 4. The highest BCUT2D eigenvalue weighted by atomic mass is 32.2. The summed E-state index contributed by atoms with van der Waals surface area (Å²) in [6.07, 6.45) is 1.92. The SMILES string of the molecule is COC(=O)c1cccc(S(=O)(=O)N2CCCC(C)C2)c1. The maximum Gasteiger partial charge on any atom is 0.337 e. The third-order valence-electron chi connectivity index (χ3n) is 3.51. The molecule has 1 atom stereocenters. The van der Waals surface area contributed by atoms with Gasteiger partial charge in [0.25, 0.3) is 0 Å². The fourth-order valence-electron chi connectivity index (χ4n) is 2.42. The topological polar surface area (TPSA) is 63.7 Å². The predicted molar refractivity (Wildman–Crippen MR) is 74.9 cm³/mol. The van der Waals surface area contributed by atoms with Gasteiger partial charge in [0, 0.05) is 13.1 Å². The molecule has 0 spiro atoms. The number of ether oxygens (including phenoxy) is 1. The van der Waals surface area contributed by atoms with Crippen LogP contribution in [-0.4, -0.2) is 38.9 Å². The zero-order chi connectivity index (χ0) is 14.8. The maximum absolute atomic E-state index is 12.6. The van der Waals surface area contributed by atoms with Crippen LogP contribution < -0.4 is 0 Å². The van der Waals surface area contributed by atoms with Crippen molar-refractivity contribution in [1.29, 1.82) is 0 Å². The first-order valence-electron chi connectivity index (χ1n) is 6.63. The van der Waals surface area contributed by atoms with Crippen LogP contribution in [0.3, 0.4) is 0 Å². The number of rotatable bonds is 3. The van der Waals surface area contributed by atoms with E-state index in [0.29, 0.717) is 19.0 Å². The van der Waals surface area contributed by atoms with Crippen molar-refractivity contribution in [2.24, 2.45) is 5.92 Å². The van der Waals surface area contributed by atoms with Crippen LogP contribution in [0.2, 0.25) is 0 Å². The first-order valence-corrected chi connectivity index (χ1v) is 8.07. The highest BCUT2D eigenvalue weighted by Crippen LogP contribution is 2.24. The average molecular weight is 297 g/mol. The number of hydrogen-bond donors (Lipinski definition) is 0. The minimum atomic E-state index is -3.53. The molecule has 2 rings (SSSR count). The number of piperidine rings is 1. The van der Waals surface area contributed by atoms with Gasteiger partial charge in [-0.1, -0.05) is 13.0 Å². The van der Waals surface area contributed by atoms with Gasteiger partial charge in [-0.25, -0.2) is 13.2 Å². The van der Waals surface area contributed by atoms with Crippen molar-refractivity contribution in [1.82, 2.24) is 4.31 Å². The Morgan fingerprint density at radius 2 is 2.15 bits per heavy atom. The second-order valence-corrected chi connectivity index (χ2v) is 7.07.